The van der Waals surface area contributed by atoms with Crippen molar-refractivity contribution in [1.82, 2.24) is 9.80 Å². The number of hydrogen-bond donors (Lipinski definition) is 2. The lowest BCUT2D eigenvalue weighted by Gasteiger charge is -2.23. The second-order valence-electron chi connectivity index (χ2n) is 4.27. The van der Waals surface area contributed by atoms with E-state index in [0.29, 0.717) is 13.1 Å². The Bertz CT molecular complexity index is 211. The van der Waals surface area contributed by atoms with Crippen LogP contribution in [0.1, 0.15) is 12.8 Å². The molecule has 80 valence electrons. The highest BCUT2D eigenvalue weighted by Crippen LogP contribution is 2.14. The summed E-state index contributed by atoms with van der Waals surface area (Å²) >= 11 is 0. The molecule has 0 aromatic carbocycles. The molecule has 2 rings (SSSR count). The largest absolute Gasteiger partial charge is 0.326 e. The summed E-state index contributed by atoms with van der Waals surface area (Å²) in [6.45, 7) is 2.99. The summed E-state index contributed by atoms with van der Waals surface area (Å²) in [5, 5.41) is 0. The fourth-order valence-corrected chi connectivity index (χ4v) is 2.12. The Morgan fingerprint density at radius 1 is 1.00 bits per heavy atom. The zero-order valence-electron chi connectivity index (χ0n) is 8.35. The number of carbonyl (C=O) groups excluding carboxylic acids is 1. The molecule has 0 aromatic rings. The first kappa shape index (κ1) is 9.73. The Balaban J connectivity index is 1.89. The molecule has 2 saturated heterocycles. The third-order valence-electron chi connectivity index (χ3n) is 2.99. The van der Waals surface area contributed by atoms with Crippen LogP contribution in [0.4, 0.5) is 4.79 Å². The Hall–Kier alpha value is -0.810. The molecule has 14 heavy (non-hydrogen) atoms. The van der Waals surface area contributed by atoms with Gasteiger partial charge in [-0.05, 0) is 12.8 Å². The van der Waals surface area contributed by atoms with Gasteiger partial charge in [0.1, 0.15) is 0 Å². The Labute approximate surface area is 84.0 Å². The van der Waals surface area contributed by atoms with Crippen molar-refractivity contribution in [2.75, 3.05) is 26.2 Å². The lowest BCUT2D eigenvalue weighted by Crippen LogP contribution is -2.42. The van der Waals surface area contributed by atoms with E-state index in [2.05, 4.69) is 0 Å². The molecular formula is C9H18N4O. The van der Waals surface area contributed by atoms with E-state index in [-0.39, 0.29) is 18.1 Å². The molecular weight excluding hydrogens is 180 g/mol. The third-order valence-corrected chi connectivity index (χ3v) is 2.99. The van der Waals surface area contributed by atoms with Gasteiger partial charge < -0.3 is 21.3 Å². The topological polar surface area (TPSA) is 75.6 Å². The van der Waals surface area contributed by atoms with Crippen molar-refractivity contribution in [3.63, 3.8) is 0 Å². The van der Waals surface area contributed by atoms with Crippen LogP contribution in [-0.4, -0.2) is 54.1 Å². The summed E-state index contributed by atoms with van der Waals surface area (Å²) in [5.74, 6) is 0. The smallest absolute Gasteiger partial charge is 0.320 e. The molecule has 2 aliphatic rings. The Morgan fingerprint density at radius 3 is 1.71 bits per heavy atom. The zero-order chi connectivity index (χ0) is 10.1. The summed E-state index contributed by atoms with van der Waals surface area (Å²) in [6.07, 6.45) is 1.84. The average molecular weight is 198 g/mol. The van der Waals surface area contributed by atoms with Crippen molar-refractivity contribution in [3.05, 3.63) is 0 Å². The Kier molecular flexibility index (Phi) is 2.60. The van der Waals surface area contributed by atoms with E-state index in [4.69, 9.17) is 11.5 Å². The summed E-state index contributed by atoms with van der Waals surface area (Å²) < 4.78 is 0. The van der Waals surface area contributed by atoms with Gasteiger partial charge in [-0.1, -0.05) is 0 Å². The predicted molar refractivity (Wildman–Crippen MR) is 53.7 cm³/mol. The molecule has 2 aliphatic heterocycles. The predicted octanol–water partition coefficient (Wildman–Crippen LogP) is -0.828. The van der Waals surface area contributed by atoms with E-state index in [9.17, 15) is 4.79 Å². The Morgan fingerprint density at radius 2 is 1.43 bits per heavy atom. The van der Waals surface area contributed by atoms with Crippen molar-refractivity contribution < 1.29 is 4.79 Å². The molecule has 2 amide bonds. The van der Waals surface area contributed by atoms with Crippen LogP contribution in [0.25, 0.3) is 0 Å². The number of urea groups is 1. The zero-order valence-corrected chi connectivity index (χ0v) is 8.35. The number of carbonyl (C=O) groups is 1. The molecule has 0 spiro atoms. The first-order chi connectivity index (χ1) is 6.66. The van der Waals surface area contributed by atoms with Gasteiger partial charge in [0.05, 0.1) is 0 Å². The molecule has 5 heteroatoms. The van der Waals surface area contributed by atoms with Crippen LogP contribution in [0.2, 0.25) is 0 Å². The summed E-state index contributed by atoms with van der Waals surface area (Å²) in [7, 11) is 0. The highest BCUT2D eigenvalue weighted by atomic mass is 16.2. The number of hydrogen-bond acceptors (Lipinski definition) is 3. The van der Waals surface area contributed by atoms with Crippen LogP contribution in [0, 0.1) is 0 Å². The van der Waals surface area contributed by atoms with Gasteiger partial charge in [0.25, 0.3) is 0 Å². The second kappa shape index (κ2) is 3.74. The lowest BCUT2D eigenvalue weighted by atomic mass is 10.3. The normalized spacial score (nSPS) is 32.7. The van der Waals surface area contributed by atoms with Crippen molar-refractivity contribution >= 4 is 6.03 Å². The van der Waals surface area contributed by atoms with Crippen molar-refractivity contribution in [1.29, 1.82) is 0 Å². The standard InChI is InChI=1S/C9H18N4O/c10-7-1-3-12(5-7)9(14)13-4-2-8(11)6-13/h7-8H,1-6,10-11H2. The van der Waals surface area contributed by atoms with Gasteiger partial charge in [0.15, 0.2) is 0 Å². The van der Waals surface area contributed by atoms with Gasteiger partial charge >= 0.3 is 6.03 Å². The van der Waals surface area contributed by atoms with Crippen LogP contribution < -0.4 is 11.5 Å². The van der Waals surface area contributed by atoms with Crippen LogP contribution in [0.3, 0.4) is 0 Å². The molecule has 0 bridgehead atoms. The van der Waals surface area contributed by atoms with Gasteiger partial charge in [-0.15, -0.1) is 0 Å². The molecule has 2 unspecified atom stereocenters. The molecule has 2 atom stereocenters. The highest BCUT2D eigenvalue weighted by Gasteiger charge is 2.30. The maximum absolute atomic E-state index is 11.9. The van der Waals surface area contributed by atoms with E-state index >= 15 is 0 Å². The first-order valence-electron chi connectivity index (χ1n) is 5.22. The summed E-state index contributed by atoms with van der Waals surface area (Å²) in [6, 6.07) is 0.441. The minimum absolute atomic E-state index is 0.117. The monoisotopic (exact) mass is 198 g/mol. The van der Waals surface area contributed by atoms with E-state index in [1.54, 1.807) is 0 Å². The number of amides is 2. The molecule has 0 radical (unpaired) electrons. The first-order valence-corrected chi connectivity index (χ1v) is 5.22. The fraction of sp³-hybridized carbons (Fsp3) is 0.889. The van der Waals surface area contributed by atoms with Gasteiger partial charge in [-0.2, -0.15) is 0 Å². The van der Waals surface area contributed by atoms with E-state index in [0.717, 1.165) is 25.9 Å². The quantitative estimate of drug-likeness (QED) is 0.533. The summed E-state index contributed by atoms with van der Waals surface area (Å²) in [5.41, 5.74) is 11.5. The molecule has 2 fully saturated rings. The van der Waals surface area contributed by atoms with Crippen LogP contribution in [-0.2, 0) is 0 Å². The maximum Gasteiger partial charge on any atom is 0.320 e. The number of likely N-dealkylation sites (tertiary alicyclic amines) is 2. The maximum atomic E-state index is 11.9. The van der Waals surface area contributed by atoms with Crippen molar-refractivity contribution in [2.45, 2.75) is 24.9 Å². The molecule has 4 N–H and O–H groups in total. The van der Waals surface area contributed by atoms with E-state index < -0.39 is 0 Å². The molecule has 2 heterocycles. The number of rotatable bonds is 0. The highest BCUT2D eigenvalue weighted by molar-refractivity contribution is 5.75. The van der Waals surface area contributed by atoms with Gasteiger partial charge in [0, 0.05) is 38.3 Å². The molecule has 0 saturated carbocycles. The molecule has 0 aromatic heterocycles. The molecule has 5 nitrogen and oxygen atoms in total. The fourth-order valence-electron chi connectivity index (χ4n) is 2.12. The van der Waals surface area contributed by atoms with Crippen LogP contribution >= 0.6 is 0 Å². The minimum atomic E-state index is 0.117. The van der Waals surface area contributed by atoms with Crippen molar-refractivity contribution in [2.24, 2.45) is 11.5 Å². The van der Waals surface area contributed by atoms with Crippen LogP contribution in [0.5, 0.6) is 0 Å². The van der Waals surface area contributed by atoms with Gasteiger partial charge in [-0.3, -0.25) is 0 Å². The van der Waals surface area contributed by atoms with Gasteiger partial charge in [0.2, 0.25) is 0 Å². The lowest BCUT2D eigenvalue weighted by molar-refractivity contribution is 0.172. The average Bonchev–Trinajstić information content (AvgIpc) is 2.73. The minimum Gasteiger partial charge on any atom is -0.326 e. The number of nitrogens with zero attached hydrogens (tertiary/aromatic N) is 2. The van der Waals surface area contributed by atoms with Crippen molar-refractivity contribution in [3.8, 4) is 0 Å². The third kappa shape index (κ3) is 1.83. The summed E-state index contributed by atoms with van der Waals surface area (Å²) in [4.78, 5) is 15.6. The SMILES string of the molecule is NC1CCN(C(=O)N2CCC(N)C2)C1. The van der Waals surface area contributed by atoms with E-state index in [1.807, 2.05) is 9.80 Å². The second-order valence-corrected chi connectivity index (χ2v) is 4.27. The number of nitrogens with two attached hydrogens (primary N) is 2. The molecule has 0 aliphatic carbocycles. The van der Waals surface area contributed by atoms with E-state index in [1.165, 1.54) is 0 Å². The van der Waals surface area contributed by atoms with Crippen LogP contribution in [0.15, 0.2) is 0 Å². The van der Waals surface area contributed by atoms with Gasteiger partial charge in [-0.25, -0.2) is 4.79 Å².